The van der Waals surface area contributed by atoms with Crippen LogP contribution in [-0.4, -0.2) is 59.4 Å². The molecule has 0 bridgehead atoms. The number of anilines is 1. The predicted molar refractivity (Wildman–Crippen MR) is 98.3 cm³/mol. The maximum absolute atomic E-state index is 12.5. The van der Waals surface area contributed by atoms with Gasteiger partial charge in [-0.05, 0) is 19.3 Å². The summed E-state index contributed by atoms with van der Waals surface area (Å²) in [5, 5.41) is 2.88. The molecule has 7 heteroatoms. The van der Waals surface area contributed by atoms with E-state index in [0.29, 0.717) is 24.0 Å². The number of nitrogens with one attached hydrogen (secondary N) is 1. The highest BCUT2D eigenvalue weighted by molar-refractivity contribution is 5.96. The third-order valence-corrected chi connectivity index (χ3v) is 5.74. The zero-order valence-corrected chi connectivity index (χ0v) is 15.6. The van der Waals surface area contributed by atoms with Crippen molar-refractivity contribution in [2.45, 2.75) is 45.4 Å². The predicted octanol–water partition coefficient (Wildman–Crippen LogP) is 1.33. The van der Waals surface area contributed by atoms with Crippen molar-refractivity contribution in [2.75, 3.05) is 37.6 Å². The van der Waals surface area contributed by atoms with Crippen molar-refractivity contribution in [1.82, 2.24) is 20.2 Å². The lowest BCUT2D eigenvalue weighted by atomic mass is 9.84. The zero-order chi connectivity index (χ0) is 18.3. The fourth-order valence-electron chi connectivity index (χ4n) is 3.86. The molecule has 26 heavy (non-hydrogen) atoms. The fourth-order valence-corrected chi connectivity index (χ4v) is 3.86. The highest BCUT2D eigenvalue weighted by Crippen LogP contribution is 2.30. The number of amides is 2. The van der Waals surface area contributed by atoms with Gasteiger partial charge in [0.15, 0.2) is 0 Å². The minimum Gasteiger partial charge on any atom is -0.353 e. The molecule has 2 aliphatic heterocycles. The first-order valence-electron chi connectivity index (χ1n) is 9.77. The molecule has 0 atom stereocenters. The van der Waals surface area contributed by atoms with Crippen LogP contribution >= 0.6 is 0 Å². The summed E-state index contributed by atoms with van der Waals surface area (Å²) in [6, 6.07) is 0. The summed E-state index contributed by atoms with van der Waals surface area (Å²) in [6.07, 6.45) is 4.04. The fraction of sp³-hybridized carbons (Fsp3) is 0.684. The number of fused-ring (bicyclic) bond motifs is 1. The van der Waals surface area contributed by atoms with E-state index in [1.54, 1.807) is 0 Å². The minimum atomic E-state index is -0.101. The summed E-state index contributed by atoms with van der Waals surface area (Å²) in [6.45, 7) is 7.71. The number of piperazine rings is 1. The van der Waals surface area contributed by atoms with Crippen LogP contribution in [0.3, 0.4) is 0 Å². The smallest absolute Gasteiger partial charge is 0.270 e. The summed E-state index contributed by atoms with van der Waals surface area (Å²) in [5.41, 5.74) is 1.48. The average molecular weight is 357 g/mol. The second kappa shape index (κ2) is 6.85. The Hall–Kier alpha value is -2.18. The second-order valence-electron chi connectivity index (χ2n) is 7.83. The van der Waals surface area contributed by atoms with Crippen molar-refractivity contribution in [3.8, 4) is 0 Å². The van der Waals surface area contributed by atoms with Gasteiger partial charge in [0.1, 0.15) is 17.3 Å². The third kappa shape index (κ3) is 3.04. The Balaban J connectivity index is 1.56. The lowest BCUT2D eigenvalue weighted by Gasteiger charge is -2.39. The van der Waals surface area contributed by atoms with Crippen molar-refractivity contribution in [3.05, 3.63) is 17.1 Å². The van der Waals surface area contributed by atoms with Crippen LogP contribution in [0.1, 0.15) is 60.9 Å². The first-order valence-corrected chi connectivity index (χ1v) is 9.77. The minimum absolute atomic E-state index is 0.101. The van der Waals surface area contributed by atoms with Crippen LogP contribution in [0, 0.1) is 5.92 Å². The van der Waals surface area contributed by atoms with Gasteiger partial charge in [0, 0.05) is 50.1 Å². The van der Waals surface area contributed by atoms with Crippen LogP contribution in [0.25, 0.3) is 0 Å². The van der Waals surface area contributed by atoms with E-state index in [9.17, 15) is 9.59 Å². The van der Waals surface area contributed by atoms with Gasteiger partial charge in [-0.25, -0.2) is 9.97 Å². The Bertz CT molecular complexity index is 721. The highest BCUT2D eigenvalue weighted by atomic mass is 16.2. The Morgan fingerprint density at radius 3 is 2.50 bits per heavy atom. The molecule has 2 amide bonds. The molecule has 4 rings (SSSR count). The molecule has 2 fully saturated rings. The molecule has 140 valence electrons. The van der Waals surface area contributed by atoms with Gasteiger partial charge in [-0.3, -0.25) is 9.59 Å². The van der Waals surface area contributed by atoms with Crippen molar-refractivity contribution < 1.29 is 9.59 Å². The molecule has 1 saturated heterocycles. The maximum Gasteiger partial charge on any atom is 0.270 e. The van der Waals surface area contributed by atoms with Crippen LogP contribution in [-0.2, 0) is 11.2 Å². The Morgan fingerprint density at radius 1 is 1.15 bits per heavy atom. The Labute approximate surface area is 154 Å². The SMILES string of the molecule is CC(C)c1nc2c(c(N3CCN(C(=O)C4CCC4)CC3)n1)CCNC2=O. The van der Waals surface area contributed by atoms with Crippen LogP contribution in [0.15, 0.2) is 0 Å². The van der Waals surface area contributed by atoms with E-state index < -0.39 is 0 Å². The molecule has 1 aliphatic carbocycles. The van der Waals surface area contributed by atoms with Crippen LogP contribution in [0.5, 0.6) is 0 Å². The van der Waals surface area contributed by atoms with Gasteiger partial charge in [0.2, 0.25) is 5.91 Å². The van der Waals surface area contributed by atoms with Crippen LogP contribution in [0.2, 0.25) is 0 Å². The first-order chi connectivity index (χ1) is 12.5. The van der Waals surface area contributed by atoms with Gasteiger partial charge in [-0.1, -0.05) is 20.3 Å². The summed E-state index contributed by atoms with van der Waals surface area (Å²) in [4.78, 5) is 38.3. The van der Waals surface area contributed by atoms with Gasteiger partial charge in [0.25, 0.3) is 5.91 Å². The van der Waals surface area contributed by atoms with E-state index in [2.05, 4.69) is 15.2 Å². The van der Waals surface area contributed by atoms with Gasteiger partial charge in [-0.15, -0.1) is 0 Å². The summed E-state index contributed by atoms with van der Waals surface area (Å²) < 4.78 is 0. The third-order valence-electron chi connectivity index (χ3n) is 5.74. The summed E-state index contributed by atoms with van der Waals surface area (Å²) >= 11 is 0. The number of nitrogens with zero attached hydrogens (tertiary/aromatic N) is 4. The van der Waals surface area contributed by atoms with Crippen molar-refractivity contribution in [3.63, 3.8) is 0 Å². The van der Waals surface area contributed by atoms with Gasteiger partial charge >= 0.3 is 0 Å². The van der Waals surface area contributed by atoms with Gasteiger partial charge < -0.3 is 15.1 Å². The standard InChI is InChI=1S/C19H27N5O2/c1-12(2)16-21-15-14(6-7-20-18(15)25)17(22-16)23-8-10-24(11-9-23)19(26)13-4-3-5-13/h12-13H,3-11H2,1-2H3,(H,20,25). The molecule has 7 nitrogen and oxygen atoms in total. The van der Waals surface area contributed by atoms with Crippen LogP contribution in [0.4, 0.5) is 5.82 Å². The molecule has 3 aliphatic rings. The Morgan fingerprint density at radius 2 is 1.88 bits per heavy atom. The molecular weight excluding hydrogens is 330 g/mol. The number of rotatable bonds is 3. The van der Waals surface area contributed by atoms with E-state index in [1.165, 1.54) is 6.42 Å². The zero-order valence-electron chi connectivity index (χ0n) is 15.6. The quantitative estimate of drug-likeness (QED) is 0.883. The van der Waals surface area contributed by atoms with E-state index in [4.69, 9.17) is 4.98 Å². The number of carbonyl (C=O) groups excluding carboxylic acids is 2. The van der Waals surface area contributed by atoms with E-state index >= 15 is 0 Å². The lowest BCUT2D eigenvalue weighted by Crippen LogP contribution is -2.52. The molecule has 1 aromatic rings. The largest absolute Gasteiger partial charge is 0.353 e. The normalized spacial score (nSPS) is 20.7. The molecule has 0 unspecified atom stereocenters. The van der Waals surface area contributed by atoms with Crippen molar-refractivity contribution in [2.24, 2.45) is 5.92 Å². The van der Waals surface area contributed by atoms with E-state index in [0.717, 1.165) is 56.8 Å². The van der Waals surface area contributed by atoms with E-state index in [1.807, 2.05) is 18.7 Å². The summed E-state index contributed by atoms with van der Waals surface area (Å²) in [7, 11) is 0. The van der Waals surface area contributed by atoms with Crippen molar-refractivity contribution in [1.29, 1.82) is 0 Å². The molecule has 1 saturated carbocycles. The molecule has 0 aromatic carbocycles. The molecule has 0 spiro atoms. The average Bonchev–Trinajstić information content (AvgIpc) is 2.60. The number of aromatic nitrogens is 2. The lowest BCUT2D eigenvalue weighted by molar-refractivity contribution is -0.138. The summed E-state index contributed by atoms with van der Waals surface area (Å²) in [5.74, 6) is 2.24. The topological polar surface area (TPSA) is 78.4 Å². The number of carbonyl (C=O) groups is 2. The first kappa shape index (κ1) is 17.2. The molecule has 3 heterocycles. The molecule has 1 aromatic heterocycles. The van der Waals surface area contributed by atoms with Gasteiger partial charge in [-0.2, -0.15) is 0 Å². The molecule has 0 radical (unpaired) electrons. The maximum atomic E-state index is 12.5. The van der Waals surface area contributed by atoms with Crippen LogP contribution < -0.4 is 10.2 Å². The van der Waals surface area contributed by atoms with Crippen molar-refractivity contribution >= 4 is 17.6 Å². The second-order valence-corrected chi connectivity index (χ2v) is 7.83. The van der Waals surface area contributed by atoms with Gasteiger partial charge in [0.05, 0.1) is 0 Å². The number of hydrogen-bond acceptors (Lipinski definition) is 5. The monoisotopic (exact) mass is 357 g/mol. The van der Waals surface area contributed by atoms with E-state index in [-0.39, 0.29) is 17.7 Å². The molecule has 1 N–H and O–H groups in total. The number of hydrogen-bond donors (Lipinski definition) is 1. The highest BCUT2D eigenvalue weighted by Gasteiger charge is 2.33. The Kier molecular flexibility index (Phi) is 4.54. The molecular formula is C19H27N5O2.